The van der Waals surface area contributed by atoms with E-state index in [0.717, 1.165) is 16.3 Å². The maximum absolute atomic E-state index is 11.9. The topological polar surface area (TPSA) is 55.1 Å². The van der Waals surface area contributed by atoms with Crippen molar-refractivity contribution in [3.63, 3.8) is 0 Å². The molecule has 1 saturated heterocycles. The standard InChI is InChI=1S/C23H12N2O2S2/c26-22-20(29-23(28)25-22)11-19-10-18-13-24-12-17(21(18)27-19)8-6-14-5-7-15-3-1-2-4-16(15)9-14/h1-5,7,9-13H,(H,25,26,28). The number of carbonyl (C=O) groups is 1. The van der Waals surface area contributed by atoms with Gasteiger partial charge in [-0.2, -0.15) is 0 Å². The summed E-state index contributed by atoms with van der Waals surface area (Å²) in [5.74, 6) is 6.70. The van der Waals surface area contributed by atoms with Crippen molar-refractivity contribution in [3.8, 4) is 11.8 Å². The molecule has 29 heavy (non-hydrogen) atoms. The van der Waals surface area contributed by atoms with Gasteiger partial charge >= 0.3 is 0 Å². The number of aromatic nitrogens is 1. The van der Waals surface area contributed by atoms with Crippen LogP contribution in [0.1, 0.15) is 16.9 Å². The number of rotatable bonds is 1. The van der Waals surface area contributed by atoms with Crippen LogP contribution in [0.3, 0.4) is 0 Å². The van der Waals surface area contributed by atoms with Gasteiger partial charge in [-0.05, 0) is 29.0 Å². The third kappa shape index (κ3) is 3.54. The van der Waals surface area contributed by atoms with Crippen LogP contribution in [0.4, 0.5) is 0 Å². The summed E-state index contributed by atoms with van der Waals surface area (Å²) in [7, 11) is 0. The summed E-state index contributed by atoms with van der Waals surface area (Å²) in [6, 6.07) is 16.1. The lowest BCUT2D eigenvalue weighted by Crippen LogP contribution is -2.17. The van der Waals surface area contributed by atoms with Crippen LogP contribution in [0.5, 0.6) is 0 Å². The molecule has 5 rings (SSSR count). The average molecular weight is 412 g/mol. The van der Waals surface area contributed by atoms with E-state index in [4.69, 9.17) is 16.6 Å². The Morgan fingerprint density at radius 1 is 1.03 bits per heavy atom. The highest BCUT2D eigenvalue weighted by atomic mass is 32.2. The lowest BCUT2D eigenvalue weighted by atomic mass is 10.1. The van der Waals surface area contributed by atoms with Gasteiger partial charge in [0.05, 0.1) is 10.5 Å². The lowest BCUT2D eigenvalue weighted by Gasteiger charge is -1.97. The first-order chi connectivity index (χ1) is 14.2. The third-order valence-electron chi connectivity index (χ3n) is 4.45. The minimum Gasteiger partial charge on any atom is -0.455 e. The summed E-state index contributed by atoms with van der Waals surface area (Å²) < 4.78 is 6.39. The van der Waals surface area contributed by atoms with E-state index in [2.05, 4.69) is 46.4 Å². The quantitative estimate of drug-likeness (QED) is 0.275. The summed E-state index contributed by atoms with van der Waals surface area (Å²) >= 11 is 6.24. The molecule has 0 unspecified atom stereocenters. The van der Waals surface area contributed by atoms with E-state index in [0.29, 0.717) is 26.1 Å². The molecule has 6 heteroatoms. The van der Waals surface area contributed by atoms with E-state index in [1.165, 1.54) is 17.1 Å². The Kier molecular flexibility index (Phi) is 4.39. The number of hydrogen-bond donors (Lipinski definition) is 1. The minimum atomic E-state index is -0.213. The number of carbonyl (C=O) groups excluding carboxylic acids is 1. The van der Waals surface area contributed by atoms with Crippen LogP contribution in [-0.2, 0) is 4.79 Å². The maximum atomic E-state index is 11.9. The Morgan fingerprint density at radius 3 is 2.72 bits per heavy atom. The first-order valence-corrected chi connectivity index (χ1v) is 10.0. The van der Waals surface area contributed by atoms with Gasteiger partial charge in [-0.3, -0.25) is 9.78 Å². The molecule has 0 spiro atoms. The smallest absolute Gasteiger partial charge is 0.263 e. The number of hydrogen-bond acceptors (Lipinski definition) is 5. The van der Waals surface area contributed by atoms with Crippen molar-refractivity contribution >= 4 is 62.0 Å². The summed E-state index contributed by atoms with van der Waals surface area (Å²) in [6.07, 6.45) is 5.08. The minimum absolute atomic E-state index is 0.213. The van der Waals surface area contributed by atoms with Crippen LogP contribution in [-0.4, -0.2) is 15.2 Å². The zero-order valence-corrected chi connectivity index (χ0v) is 16.6. The molecule has 1 N–H and O–H groups in total. The van der Waals surface area contributed by atoms with Crippen molar-refractivity contribution in [2.45, 2.75) is 0 Å². The van der Waals surface area contributed by atoms with E-state index in [1.807, 2.05) is 24.3 Å². The number of thiocarbonyl (C=S) groups is 1. The summed E-state index contributed by atoms with van der Waals surface area (Å²) in [4.78, 5) is 16.6. The molecule has 0 aliphatic carbocycles. The molecule has 1 fully saturated rings. The van der Waals surface area contributed by atoms with Gasteiger partial charge in [-0.25, -0.2) is 0 Å². The van der Waals surface area contributed by atoms with Crippen molar-refractivity contribution in [2.75, 3.05) is 0 Å². The van der Waals surface area contributed by atoms with E-state index in [-0.39, 0.29) is 5.91 Å². The van der Waals surface area contributed by atoms with Gasteiger partial charge < -0.3 is 9.73 Å². The largest absolute Gasteiger partial charge is 0.455 e. The molecule has 4 aromatic rings. The number of thioether (sulfide) groups is 1. The van der Waals surface area contributed by atoms with Crippen molar-refractivity contribution in [3.05, 3.63) is 82.7 Å². The zero-order chi connectivity index (χ0) is 19.8. The van der Waals surface area contributed by atoms with Crippen molar-refractivity contribution < 1.29 is 9.21 Å². The highest BCUT2D eigenvalue weighted by Crippen LogP contribution is 2.29. The highest BCUT2D eigenvalue weighted by molar-refractivity contribution is 8.26. The maximum Gasteiger partial charge on any atom is 0.263 e. The van der Waals surface area contributed by atoms with Gasteiger partial charge in [0.15, 0.2) is 5.58 Å². The van der Waals surface area contributed by atoms with E-state index >= 15 is 0 Å². The van der Waals surface area contributed by atoms with Crippen LogP contribution >= 0.6 is 24.0 Å². The fourth-order valence-corrected chi connectivity index (χ4v) is 4.12. The van der Waals surface area contributed by atoms with Crippen LogP contribution in [0.2, 0.25) is 0 Å². The van der Waals surface area contributed by atoms with Crippen molar-refractivity contribution in [1.29, 1.82) is 0 Å². The SMILES string of the molecule is O=C1NC(=S)SC1=Cc1cc2cncc(C#Cc3ccc4ccccc4c3)c2o1. The first kappa shape index (κ1) is 17.7. The lowest BCUT2D eigenvalue weighted by molar-refractivity contribution is -0.115. The second kappa shape index (κ2) is 7.21. The molecule has 0 atom stereocenters. The molecule has 1 aliphatic rings. The number of benzene rings is 2. The van der Waals surface area contributed by atoms with Gasteiger partial charge in [-0.15, -0.1) is 0 Å². The predicted molar refractivity (Wildman–Crippen MR) is 120 cm³/mol. The van der Waals surface area contributed by atoms with Crippen LogP contribution in [0.15, 0.2) is 70.2 Å². The van der Waals surface area contributed by atoms with Gasteiger partial charge in [0.1, 0.15) is 10.1 Å². The molecule has 0 radical (unpaired) electrons. The fraction of sp³-hybridized carbons (Fsp3) is 0. The van der Waals surface area contributed by atoms with Gasteiger partial charge in [0, 0.05) is 29.4 Å². The van der Waals surface area contributed by atoms with Gasteiger partial charge in [-0.1, -0.05) is 66.2 Å². The molecule has 3 heterocycles. The normalized spacial score (nSPS) is 15.0. The van der Waals surface area contributed by atoms with Crippen LogP contribution in [0.25, 0.3) is 27.8 Å². The van der Waals surface area contributed by atoms with E-state index in [9.17, 15) is 4.79 Å². The molecular weight excluding hydrogens is 400 g/mol. The highest BCUT2D eigenvalue weighted by Gasteiger charge is 2.22. The number of fused-ring (bicyclic) bond motifs is 2. The number of nitrogens with zero attached hydrogens (tertiary/aromatic N) is 1. The second-order valence-corrected chi connectivity index (χ2v) is 8.14. The Bertz CT molecular complexity index is 1410. The van der Waals surface area contributed by atoms with Crippen LogP contribution < -0.4 is 5.32 Å². The number of furan rings is 1. The summed E-state index contributed by atoms with van der Waals surface area (Å²) in [6.45, 7) is 0. The molecule has 0 saturated carbocycles. The first-order valence-electron chi connectivity index (χ1n) is 8.79. The Hall–Kier alpha value is -3.40. The van der Waals surface area contributed by atoms with Crippen molar-refractivity contribution in [1.82, 2.24) is 10.3 Å². The molecule has 2 aromatic heterocycles. The molecule has 1 amide bonds. The molecular formula is C23H12N2O2S2. The van der Waals surface area contributed by atoms with Gasteiger partial charge in [0.25, 0.3) is 5.91 Å². The predicted octanol–water partition coefficient (Wildman–Crippen LogP) is 4.87. The molecule has 2 aromatic carbocycles. The average Bonchev–Trinajstić information content (AvgIpc) is 3.28. The molecule has 4 nitrogen and oxygen atoms in total. The third-order valence-corrected chi connectivity index (χ3v) is 5.61. The van der Waals surface area contributed by atoms with Crippen molar-refractivity contribution in [2.24, 2.45) is 0 Å². The monoisotopic (exact) mass is 412 g/mol. The molecule has 0 bridgehead atoms. The number of pyridine rings is 1. The number of amides is 1. The zero-order valence-electron chi connectivity index (χ0n) is 14.9. The molecule has 138 valence electrons. The Balaban J connectivity index is 1.52. The Morgan fingerprint density at radius 2 is 1.90 bits per heavy atom. The summed E-state index contributed by atoms with van der Waals surface area (Å²) in [5.41, 5.74) is 2.26. The fourth-order valence-electron chi connectivity index (χ4n) is 3.10. The molecule has 1 aliphatic heterocycles. The van der Waals surface area contributed by atoms with E-state index in [1.54, 1.807) is 18.5 Å². The second-order valence-electron chi connectivity index (χ2n) is 6.42. The van der Waals surface area contributed by atoms with Gasteiger partial charge in [0.2, 0.25) is 0 Å². The summed E-state index contributed by atoms with van der Waals surface area (Å²) in [5, 5.41) is 5.75. The number of nitrogens with one attached hydrogen (secondary N) is 1. The van der Waals surface area contributed by atoms with Crippen LogP contribution in [0, 0.1) is 11.8 Å². The van der Waals surface area contributed by atoms with E-state index < -0.39 is 0 Å². The Labute approximate surface area is 176 Å².